The number of cyclic esters (lactones) is 1. The van der Waals surface area contributed by atoms with Gasteiger partial charge in [0.25, 0.3) is 5.79 Å². The summed E-state index contributed by atoms with van der Waals surface area (Å²) in [4.78, 5) is 15.5. The Bertz CT molecular complexity index is 1550. The Morgan fingerprint density at radius 3 is 2.71 bits per heavy atom. The van der Waals surface area contributed by atoms with E-state index in [2.05, 4.69) is 13.6 Å². The lowest BCUT2D eigenvalue weighted by Gasteiger charge is -2.29. The number of ether oxygens (including phenoxy) is 3. The normalized spacial score (nSPS) is 18.9. The van der Waals surface area contributed by atoms with Crippen molar-refractivity contribution in [1.82, 2.24) is 8.75 Å². The molecule has 0 saturated carbocycles. The van der Waals surface area contributed by atoms with Crippen molar-refractivity contribution in [2.75, 3.05) is 31.7 Å². The molecule has 0 aliphatic carbocycles. The maximum absolute atomic E-state index is 13.4. The van der Waals surface area contributed by atoms with Crippen molar-refractivity contribution in [3.63, 3.8) is 0 Å². The lowest BCUT2D eigenvalue weighted by atomic mass is 9.87. The second kappa shape index (κ2) is 9.74. The first-order chi connectivity index (χ1) is 18.5. The quantitative estimate of drug-likeness (QED) is 0.344. The van der Waals surface area contributed by atoms with Crippen molar-refractivity contribution in [1.29, 1.82) is 0 Å². The minimum atomic E-state index is -1.94. The van der Waals surface area contributed by atoms with Crippen LogP contribution in [0.4, 0.5) is 5.69 Å². The van der Waals surface area contributed by atoms with Gasteiger partial charge in [-0.05, 0) is 66.1 Å². The van der Waals surface area contributed by atoms with Gasteiger partial charge in [0.15, 0.2) is 0 Å². The highest BCUT2D eigenvalue weighted by atomic mass is 32.1. The maximum Gasteiger partial charge on any atom is 0.342 e. The molecule has 3 aromatic carbocycles. The van der Waals surface area contributed by atoms with Gasteiger partial charge in [-0.25, -0.2) is 4.79 Å². The molecule has 0 radical (unpaired) electrons. The third kappa shape index (κ3) is 4.27. The molecule has 1 unspecified atom stereocenters. The highest BCUT2D eigenvalue weighted by Crippen LogP contribution is 2.46. The highest BCUT2D eigenvalue weighted by molar-refractivity contribution is 7.00. The zero-order chi connectivity index (χ0) is 26.3. The van der Waals surface area contributed by atoms with E-state index in [0.717, 1.165) is 47.2 Å². The average molecular weight is 530 g/mol. The SMILES string of the molecule is CCCOc1ccc(C2(O)OC(=O)C(c3ccc4nsnc4c3)=C2Cc2ccc3c(c2)N(C)CCO3)cc1. The molecule has 4 aromatic rings. The van der Waals surface area contributed by atoms with E-state index < -0.39 is 11.8 Å². The van der Waals surface area contributed by atoms with E-state index in [1.807, 2.05) is 50.4 Å². The number of rotatable bonds is 7. The van der Waals surface area contributed by atoms with E-state index in [9.17, 15) is 9.90 Å². The van der Waals surface area contributed by atoms with E-state index in [4.69, 9.17) is 14.2 Å². The molecule has 1 aromatic heterocycles. The zero-order valence-corrected chi connectivity index (χ0v) is 22.0. The number of benzene rings is 3. The molecular formula is C29H27N3O5S. The van der Waals surface area contributed by atoms with Crippen molar-refractivity contribution in [2.45, 2.75) is 25.6 Å². The molecule has 9 heteroatoms. The largest absolute Gasteiger partial charge is 0.494 e. The van der Waals surface area contributed by atoms with E-state index in [1.165, 1.54) is 0 Å². The summed E-state index contributed by atoms with van der Waals surface area (Å²) in [6.45, 7) is 4.05. The van der Waals surface area contributed by atoms with Crippen LogP contribution in [0.15, 0.2) is 66.2 Å². The third-order valence-electron chi connectivity index (χ3n) is 6.92. The molecule has 38 heavy (non-hydrogen) atoms. The number of carbonyl (C=O) groups is 1. The van der Waals surface area contributed by atoms with Crippen LogP contribution in [0.3, 0.4) is 0 Å². The lowest BCUT2D eigenvalue weighted by Crippen LogP contribution is -2.30. The van der Waals surface area contributed by atoms with Crippen LogP contribution in [0.1, 0.15) is 30.0 Å². The first-order valence-electron chi connectivity index (χ1n) is 12.6. The number of hydrogen-bond donors (Lipinski definition) is 1. The number of likely N-dealkylation sites (N-methyl/N-ethyl adjacent to an activating group) is 1. The number of nitrogens with zero attached hydrogens (tertiary/aromatic N) is 3. The third-order valence-corrected chi connectivity index (χ3v) is 7.47. The Morgan fingerprint density at radius 1 is 1.08 bits per heavy atom. The van der Waals surface area contributed by atoms with Crippen molar-refractivity contribution < 1.29 is 24.1 Å². The molecule has 0 amide bonds. The fourth-order valence-electron chi connectivity index (χ4n) is 4.92. The van der Waals surface area contributed by atoms with Gasteiger partial charge < -0.3 is 24.2 Å². The van der Waals surface area contributed by atoms with Gasteiger partial charge in [-0.3, -0.25) is 0 Å². The second-order valence-corrected chi connectivity index (χ2v) is 10.0. The molecule has 6 rings (SSSR count). The first-order valence-corrected chi connectivity index (χ1v) is 13.3. The predicted molar refractivity (Wildman–Crippen MR) is 145 cm³/mol. The molecule has 0 saturated heterocycles. The molecule has 0 bridgehead atoms. The molecular weight excluding hydrogens is 502 g/mol. The first kappa shape index (κ1) is 24.4. The number of hydrogen-bond acceptors (Lipinski definition) is 9. The Morgan fingerprint density at radius 2 is 1.89 bits per heavy atom. The van der Waals surface area contributed by atoms with Crippen LogP contribution in [0.5, 0.6) is 11.5 Å². The topological polar surface area (TPSA) is 94.0 Å². The number of esters is 1. The smallest absolute Gasteiger partial charge is 0.342 e. The van der Waals surface area contributed by atoms with Crippen molar-refractivity contribution in [3.8, 4) is 11.5 Å². The van der Waals surface area contributed by atoms with Crippen LogP contribution in [0, 0.1) is 0 Å². The number of aliphatic hydroxyl groups is 1. The fourth-order valence-corrected chi connectivity index (χ4v) is 5.44. The van der Waals surface area contributed by atoms with Gasteiger partial charge in [-0.15, -0.1) is 0 Å². The average Bonchev–Trinajstić information content (AvgIpc) is 3.50. The minimum Gasteiger partial charge on any atom is -0.494 e. The van der Waals surface area contributed by atoms with Gasteiger partial charge in [-0.1, -0.05) is 19.1 Å². The van der Waals surface area contributed by atoms with Crippen LogP contribution < -0.4 is 14.4 Å². The van der Waals surface area contributed by atoms with Crippen LogP contribution >= 0.6 is 11.7 Å². The molecule has 2 aliphatic rings. The van der Waals surface area contributed by atoms with Crippen LogP contribution in [-0.4, -0.2) is 46.6 Å². The summed E-state index contributed by atoms with van der Waals surface area (Å²) >= 11 is 1.12. The van der Waals surface area contributed by atoms with E-state index in [0.29, 0.717) is 53.2 Å². The summed E-state index contributed by atoms with van der Waals surface area (Å²) in [5.74, 6) is -1.03. The van der Waals surface area contributed by atoms with Gasteiger partial charge in [0.1, 0.15) is 29.1 Å². The zero-order valence-electron chi connectivity index (χ0n) is 21.1. The van der Waals surface area contributed by atoms with Gasteiger partial charge in [0, 0.05) is 24.6 Å². The minimum absolute atomic E-state index is 0.292. The van der Waals surface area contributed by atoms with Gasteiger partial charge in [0.2, 0.25) is 0 Å². The monoisotopic (exact) mass is 529 g/mol. The number of fused-ring (bicyclic) bond motifs is 2. The molecule has 1 N–H and O–H groups in total. The Balaban J connectivity index is 1.46. The Kier molecular flexibility index (Phi) is 6.25. The van der Waals surface area contributed by atoms with E-state index in [-0.39, 0.29) is 0 Å². The Hall–Kier alpha value is -3.95. The summed E-state index contributed by atoms with van der Waals surface area (Å²) in [6, 6.07) is 18.4. The Labute approximate surface area is 224 Å². The summed E-state index contributed by atoms with van der Waals surface area (Å²) < 4.78 is 25.9. The molecule has 8 nitrogen and oxygen atoms in total. The lowest BCUT2D eigenvalue weighted by molar-refractivity contribution is -0.185. The van der Waals surface area contributed by atoms with Gasteiger partial charge in [0.05, 0.1) is 36.1 Å². The molecule has 194 valence electrons. The van der Waals surface area contributed by atoms with E-state index >= 15 is 0 Å². The van der Waals surface area contributed by atoms with E-state index in [1.54, 1.807) is 24.3 Å². The van der Waals surface area contributed by atoms with Crippen LogP contribution in [0.25, 0.3) is 16.6 Å². The number of aromatic nitrogens is 2. The summed E-state index contributed by atoms with van der Waals surface area (Å²) in [6.07, 6.45) is 1.18. The number of anilines is 1. The van der Waals surface area contributed by atoms with Crippen LogP contribution in [-0.2, 0) is 21.7 Å². The standard InChI is InChI=1S/C29H27N3O5S/c1-3-13-35-21-8-6-20(7-9-21)29(34)22(15-18-4-11-26-25(16-18)32(2)12-14-36-26)27(28(33)37-29)19-5-10-23-24(17-19)31-38-30-23/h4-11,16-17,34H,3,12-15H2,1-2H3. The number of carbonyl (C=O) groups excluding carboxylic acids is 1. The van der Waals surface area contributed by atoms with Crippen molar-refractivity contribution in [2.24, 2.45) is 0 Å². The molecule has 0 fully saturated rings. The van der Waals surface area contributed by atoms with Crippen LogP contribution in [0.2, 0.25) is 0 Å². The maximum atomic E-state index is 13.4. The predicted octanol–water partition coefficient (Wildman–Crippen LogP) is 4.71. The van der Waals surface area contributed by atoms with Crippen molar-refractivity contribution >= 4 is 40.0 Å². The molecule has 2 aliphatic heterocycles. The van der Waals surface area contributed by atoms with Gasteiger partial charge in [-0.2, -0.15) is 8.75 Å². The summed E-state index contributed by atoms with van der Waals surface area (Å²) in [5, 5.41) is 12.0. The molecule has 3 heterocycles. The summed E-state index contributed by atoms with van der Waals surface area (Å²) in [7, 11) is 2.02. The molecule has 0 spiro atoms. The molecule has 1 atom stereocenters. The summed E-state index contributed by atoms with van der Waals surface area (Å²) in [5.41, 5.74) is 5.21. The fraction of sp³-hybridized carbons (Fsp3) is 0.276. The van der Waals surface area contributed by atoms with Gasteiger partial charge >= 0.3 is 5.97 Å². The second-order valence-electron chi connectivity index (χ2n) is 9.48. The van der Waals surface area contributed by atoms with Crippen molar-refractivity contribution in [3.05, 3.63) is 82.9 Å². The highest BCUT2D eigenvalue weighted by Gasteiger charge is 2.48.